The normalized spacial score (nSPS) is 18.2. The molecule has 0 rings (SSSR count). The number of hydrogen-bond acceptors (Lipinski definition) is 9. The summed E-state index contributed by atoms with van der Waals surface area (Å²) in [5.41, 5.74) is 0. The number of ketones is 1. The third kappa shape index (κ3) is 6.14. The van der Waals surface area contributed by atoms with Gasteiger partial charge in [0.2, 0.25) is 5.78 Å². The molecule has 0 aliphatic rings. The number of aliphatic carboxylic acids is 1. The van der Waals surface area contributed by atoms with Crippen LogP contribution in [-0.4, -0.2) is 85.5 Å². The van der Waals surface area contributed by atoms with Crippen LogP contribution in [0.25, 0.3) is 0 Å². The highest BCUT2D eigenvalue weighted by Gasteiger charge is 2.38. The maximum atomic E-state index is 11.1. The minimum Gasteiger partial charge on any atom is -0.475 e. The van der Waals surface area contributed by atoms with Gasteiger partial charge in [-0.25, -0.2) is 4.79 Å². The number of carbonyl (C=O) groups is 3. The Morgan fingerprint density at radius 2 is 1.52 bits per heavy atom. The van der Waals surface area contributed by atoms with E-state index in [1.54, 1.807) is 0 Å². The summed E-state index contributed by atoms with van der Waals surface area (Å²) in [6, 6.07) is 0. The van der Waals surface area contributed by atoms with Crippen LogP contribution in [-0.2, 0) is 19.1 Å². The highest BCUT2D eigenvalue weighted by molar-refractivity contribution is 6.32. The fourth-order valence-corrected chi connectivity index (χ4v) is 1.47. The SMILES string of the molecule is CC(=O)OC(CC(=O)C(=O)O)C(O)C(O)C(O)C(O)CO. The van der Waals surface area contributed by atoms with E-state index in [2.05, 4.69) is 4.74 Å². The molecule has 0 aliphatic carbocycles. The van der Waals surface area contributed by atoms with E-state index in [4.69, 9.17) is 15.3 Å². The Morgan fingerprint density at radius 3 is 1.90 bits per heavy atom. The van der Waals surface area contributed by atoms with E-state index in [0.717, 1.165) is 6.92 Å². The maximum absolute atomic E-state index is 11.1. The molecular formula is C11H18O10. The van der Waals surface area contributed by atoms with Gasteiger partial charge in [-0.3, -0.25) is 9.59 Å². The Morgan fingerprint density at radius 1 is 1.00 bits per heavy atom. The van der Waals surface area contributed by atoms with Gasteiger partial charge in [-0.1, -0.05) is 0 Å². The first kappa shape index (κ1) is 19.4. The molecule has 5 atom stereocenters. The van der Waals surface area contributed by atoms with Crippen LogP contribution in [0.4, 0.5) is 0 Å². The molecular weight excluding hydrogens is 292 g/mol. The van der Waals surface area contributed by atoms with E-state index in [9.17, 15) is 29.7 Å². The number of aliphatic hydroxyl groups is 5. The summed E-state index contributed by atoms with van der Waals surface area (Å²) >= 11 is 0. The van der Waals surface area contributed by atoms with Gasteiger partial charge in [-0.15, -0.1) is 0 Å². The molecule has 0 saturated heterocycles. The Labute approximate surface area is 119 Å². The zero-order valence-corrected chi connectivity index (χ0v) is 11.1. The predicted molar refractivity (Wildman–Crippen MR) is 63.9 cm³/mol. The summed E-state index contributed by atoms with van der Waals surface area (Å²) in [5.74, 6) is -4.17. The number of carboxylic acid groups (broad SMARTS) is 1. The number of hydrogen-bond donors (Lipinski definition) is 6. The molecule has 0 aromatic rings. The molecule has 10 heteroatoms. The van der Waals surface area contributed by atoms with E-state index in [-0.39, 0.29) is 0 Å². The topological polar surface area (TPSA) is 182 Å². The second-order valence-corrected chi connectivity index (χ2v) is 4.30. The van der Waals surface area contributed by atoms with Gasteiger partial charge in [0, 0.05) is 6.92 Å². The smallest absolute Gasteiger partial charge is 0.372 e. The van der Waals surface area contributed by atoms with E-state index in [0.29, 0.717) is 0 Å². The molecule has 21 heavy (non-hydrogen) atoms. The van der Waals surface area contributed by atoms with Crippen molar-refractivity contribution in [2.24, 2.45) is 0 Å². The van der Waals surface area contributed by atoms with Gasteiger partial charge < -0.3 is 35.4 Å². The molecule has 0 spiro atoms. The second-order valence-electron chi connectivity index (χ2n) is 4.30. The summed E-state index contributed by atoms with van der Waals surface area (Å²) in [7, 11) is 0. The van der Waals surface area contributed by atoms with Crippen molar-refractivity contribution in [1.29, 1.82) is 0 Å². The van der Waals surface area contributed by atoms with Crippen LogP contribution in [0, 0.1) is 0 Å². The van der Waals surface area contributed by atoms with Gasteiger partial charge in [0.25, 0.3) is 0 Å². The Kier molecular flexibility index (Phi) is 7.99. The van der Waals surface area contributed by atoms with Crippen LogP contribution in [0.3, 0.4) is 0 Å². The number of rotatable bonds is 9. The predicted octanol–water partition coefficient (Wildman–Crippen LogP) is -3.60. The second kappa shape index (κ2) is 8.64. The fourth-order valence-electron chi connectivity index (χ4n) is 1.47. The van der Waals surface area contributed by atoms with Crippen molar-refractivity contribution in [3.63, 3.8) is 0 Å². The first-order valence-corrected chi connectivity index (χ1v) is 5.88. The van der Waals surface area contributed by atoms with Crippen LogP contribution >= 0.6 is 0 Å². The first-order valence-electron chi connectivity index (χ1n) is 5.88. The van der Waals surface area contributed by atoms with Gasteiger partial charge in [0.1, 0.15) is 30.5 Å². The minimum atomic E-state index is -2.09. The van der Waals surface area contributed by atoms with E-state index in [1.807, 2.05) is 0 Å². The summed E-state index contributed by atoms with van der Waals surface area (Å²) in [5, 5.41) is 55.0. The average Bonchev–Trinajstić information content (AvgIpc) is 2.42. The number of esters is 1. The van der Waals surface area contributed by atoms with Crippen molar-refractivity contribution in [3.8, 4) is 0 Å². The molecule has 5 unspecified atom stereocenters. The molecule has 6 N–H and O–H groups in total. The summed E-state index contributed by atoms with van der Waals surface area (Å²) in [6.07, 6.45) is -10.6. The van der Waals surface area contributed by atoms with Crippen molar-refractivity contribution in [1.82, 2.24) is 0 Å². The average molecular weight is 310 g/mol. The van der Waals surface area contributed by atoms with Crippen molar-refractivity contribution < 1.29 is 49.8 Å². The highest BCUT2D eigenvalue weighted by Crippen LogP contribution is 2.14. The molecule has 0 saturated carbocycles. The van der Waals surface area contributed by atoms with Gasteiger partial charge >= 0.3 is 11.9 Å². The molecule has 122 valence electrons. The minimum absolute atomic E-state index is 0.919. The lowest BCUT2D eigenvalue weighted by Crippen LogP contribution is -2.51. The summed E-state index contributed by atoms with van der Waals surface area (Å²) in [4.78, 5) is 32.4. The first-order chi connectivity index (χ1) is 9.61. The zero-order chi connectivity index (χ0) is 16.7. The molecule has 0 heterocycles. The van der Waals surface area contributed by atoms with E-state index >= 15 is 0 Å². The van der Waals surface area contributed by atoms with Crippen molar-refractivity contribution in [2.75, 3.05) is 6.61 Å². The molecule has 0 aromatic carbocycles. The van der Waals surface area contributed by atoms with Crippen molar-refractivity contribution >= 4 is 17.7 Å². The van der Waals surface area contributed by atoms with Crippen LogP contribution in [0.2, 0.25) is 0 Å². The molecule has 0 bridgehead atoms. The molecule has 0 aromatic heterocycles. The van der Waals surface area contributed by atoms with Crippen molar-refractivity contribution in [2.45, 2.75) is 43.9 Å². The molecule has 0 aliphatic heterocycles. The third-order valence-corrected chi connectivity index (χ3v) is 2.60. The number of ether oxygens (including phenoxy) is 1. The molecule has 0 radical (unpaired) electrons. The lowest BCUT2D eigenvalue weighted by atomic mass is 9.96. The number of carbonyl (C=O) groups excluding carboxylic acids is 2. The van der Waals surface area contributed by atoms with Gasteiger partial charge in [-0.05, 0) is 0 Å². The number of carboxylic acids is 1. The monoisotopic (exact) mass is 310 g/mol. The molecule has 0 fully saturated rings. The lowest BCUT2D eigenvalue weighted by molar-refractivity contribution is -0.173. The standard InChI is InChI=1S/C11H18O10/c1-4(13)21-7(2-5(14)11(19)20)9(17)10(18)8(16)6(15)3-12/h6-10,12,15-18H,2-3H2,1H3,(H,19,20). The largest absolute Gasteiger partial charge is 0.475 e. The third-order valence-electron chi connectivity index (χ3n) is 2.60. The van der Waals surface area contributed by atoms with Crippen LogP contribution in [0.1, 0.15) is 13.3 Å². The zero-order valence-electron chi connectivity index (χ0n) is 11.1. The lowest BCUT2D eigenvalue weighted by Gasteiger charge is -2.30. The number of Topliss-reactive ketones (excluding diaryl/α,β-unsaturated/α-hetero) is 1. The summed E-state index contributed by atoms with van der Waals surface area (Å²) < 4.78 is 4.53. The Hall–Kier alpha value is -1.59. The van der Waals surface area contributed by atoms with E-state index in [1.165, 1.54) is 0 Å². The molecule has 10 nitrogen and oxygen atoms in total. The van der Waals surface area contributed by atoms with Gasteiger partial charge in [0.15, 0.2) is 0 Å². The number of aliphatic hydroxyl groups excluding tert-OH is 5. The van der Waals surface area contributed by atoms with Gasteiger partial charge in [0.05, 0.1) is 13.0 Å². The van der Waals surface area contributed by atoms with E-state index < -0.39 is 61.3 Å². The highest BCUT2D eigenvalue weighted by atomic mass is 16.6. The Bertz CT molecular complexity index is 381. The quantitative estimate of drug-likeness (QED) is 0.184. The summed E-state index contributed by atoms with van der Waals surface area (Å²) in [6.45, 7) is 0.00752. The molecule has 0 amide bonds. The maximum Gasteiger partial charge on any atom is 0.372 e. The van der Waals surface area contributed by atoms with Crippen LogP contribution in [0.5, 0.6) is 0 Å². The fraction of sp³-hybridized carbons (Fsp3) is 0.727. The van der Waals surface area contributed by atoms with Crippen molar-refractivity contribution in [3.05, 3.63) is 0 Å². The van der Waals surface area contributed by atoms with Crippen LogP contribution < -0.4 is 0 Å². The van der Waals surface area contributed by atoms with Crippen LogP contribution in [0.15, 0.2) is 0 Å². The van der Waals surface area contributed by atoms with Gasteiger partial charge in [-0.2, -0.15) is 0 Å². The Balaban J connectivity index is 5.00.